The van der Waals surface area contributed by atoms with Gasteiger partial charge in [0.2, 0.25) is 0 Å². The van der Waals surface area contributed by atoms with E-state index in [9.17, 15) is 4.79 Å². The van der Waals surface area contributed by atoms with Gasteiger partial charge in [-0.05, 0) is 39.0 Å². The number of ether oxygens (including phenoxy) is 1. The molecular weight excluding hydrogens is 290 g/mol. The summed E-state index contributed by atoms with van der Waals surface area (Å²) in [5, 5.41) is 7.88. The SMILES string of the molecule is CCOc1ccc(C(C)=O)cc1Cn1cc(C(C)Cl)nn1. The van der Waals surface area contributed by atoms with Gasteiger partial charge >= 0.3 is 0 Å². The Hall–Kier alpha value is -1.88. The third-order valence-electron chi connectivity index (χ3n) is 3.06. The first-order valence-electron chi connectivity index (χ1n) is 6.82. The molecule has 1 aromatic heterocycles. The predicted octanol–water partition coefficient (Wildman–Crippen LogP) is 3.23. The standard InChI is InChI=1S/C15H18ClN3O2/c1-4-21-15-6-5-12(11(3)20)7-13(15)8-19-9-14(10(2)16)17-18-19/h5-7,9-10H,4,8H2,1-3H3. The van der Waals surface area contributed by atoms with Crippen LogP contribution in [0.5, 0.6) is 5.75 Å². The van der Waals surface area contributed by atoms with Crippen molar-refractivity contribution in [3.8, 4) is 5.75 Å². The van der Waals surface area contributed by atoms with E-state index >= 15 is 0 Å². The van der Waals surface area contributed by atoms with Crippen LogP contribution in [-0.4, -0.2) is 27.4 Å². The van der Waals surface area contributed by atoms with Gasteiger partial charge in [-0.25, -0.2) is 4.68 Å². The molecule has 0 radical (unpaired) electrons. The van der Waals surface area contributed by atoms with Crippen molar-refractivity contribution < 1.29 is 9.53 Å². The van der Waals surface area contributed by atoms with Gasteiger partial charge in [0.25, 0.3) is 0 Å². The highest BCUT2D eigenvalue weighted by Crippen LogP contribution is 2.22. The third kappa shape index (κ3) is 3.82. The predicted molar refractivity (Wildman–Crippen MR) is 81.0 cm³/mol. The van der Waals surface area contributed by atoms with Crippen LogP contribution in [0, 0.1) is 0 Å². The molecule has 1 unspecified atom stereocenters. The molecule has 0 aliphatic heterocycles. The fourth-order valence-electron chi connectivity index (χ4n) is 1.97. The Morgan fingerprint density at radius 3 is 2.81 bits per heavy atom. The maximum atomic E-state index is 11.5. The fraction of sp³-hybridized carbons (Fsp3) is 0.400. The summed E-state index contributed by atoms with van der Waals surface area (Å²) in [6.07, 6.45) is 1.80. The van der Waals surface area contributed by atoms with E-state index in [0.29, 0.717) is 18.7 Å². The highest BCUT2D eigenvalue weighted by molar-refractivity contribution is 6.20. The van der Waals surface area contributed by atoms with E-state index in [0.717, 1.165) is 17.0 Å². The molecule has 5 nitrogen and oxygen atoms in total. The molecule has 0 saturated carbocycles. The molecule has 1 heterocycles. The van der Waals surface area contributed by atoms with Gasteiger partial charge in [0.05, 0.1) is 24.7 Å². The number of hydrogen-bond donors (Lipinski definition) is 0. The molecular formula is C15H18ClN3O2. The highest BCUT2D eigenvalue weighted by Gasteiger charge is 2.11. The maximum Gasteiger partial charge on any atom is 0.159 e. The number of benzene rings is 1. The summed E-state index contributed by atoms with van der Waals surface area (Å²) in [7, 11) is 0. The van der Waals surface area contributed by atoms with Crippen molar-refractivity contribution in [2.75, 3.05) is 6.61 Å². The number of Topliss-reactive ketones (excluding diaryl/α,β-unsaturated/α-hetero) is 1. The van der Waals surface area contributed by atoms with Gasteiger partial charge in [-0.1, -0.05) is 5.21 Å². The van der Waals surface area contributed by atoms with Crippen molar-refractivity contribution in [3.05, 3.63) is 41.2 Å². The van der Waals surface area contributed by atoms with E-state index in [4.69, 9.17) is 16.3 Å². The largest absolute Gasteiger partial charge is 0.494 e. The molecule has 112 valence electrons. The number of carbonyl (C=O) groups is 1. The van der Waals surface area contributed by atoms with Crippen LogP contribution < -0.4 is 4.74 Å². The molecule has 0 fully saturated rings. The number of nitrogens with zero attached hydrogens (tertiary/aromatic N) is 3. The summed E-state index contributed by atoms with van der Waals surface area (Å²) in [5.41, 5.74) is 2.26. The summed E-state index contributed by atoms with van der Waals surface area (Å²) in [6, 6.07) is 5.42. The zero-order valence-electron chi connectivity index (χ0n) is 12.3. The first-order chi connectivity index (χ1) is 10.0. The van der Waals surface area contributed by atoms with E-state index in [2.05, 4.69) is 10.3 Å². The van der Waals surface area contributed by atoms with Crippen LogP contribution in [0.4, 0.5) is 0 Å². The Labute approximate surface area is 128 Å². The first-order valence-corrected chi connectivity index (χ1v) is 7.25. The van der Waals surface area contributed by atoms with Crippen molar-refractivity contribution in [2.24, 2.45) is 0 Å². The fourth-order valence-corrected chi connectivity index (χ4v) is 2.07. The monoisotopic (exact) mass is 307 g/mol. The zero-order chi connectivity index (χ0) is 15.4. The minimum Gasteiger partial charge on any atom is -0.494 e. The molecule has 2 aromatic rings. The molecule has 0 amide bonds. The Balaban J connectivity index is 2.30. The summed E-state index contributed by atoms with van der Waals surface area (Å²) in [4.78, 5) is 11.5. The Morgan fingerprint density at radius 2 is 2.24 bits per heavy atom. The lowest BCUT2D eigenvalue weighted by Gasteiger charge is -2.11. The number of carbonyl (C=O) groups excluding carboxylic acids is 1. The van der Waals surface area contributed by atoms with E-state index in [-0.39, 0.29) is 11.2 Å². The second-order valence-electron chi connectivity index (χ2n) is 4.77. The van der Waals surface area contributed by atoms with Gasteiger partial charge < -0.3 is 4.74 Å². The normalized spacial score (nSPS) is 12.2. The lowest BCUT2D eigenvalue weighted by Crippen LogP contribution is -2.06. The number of aromatic nitrogens is 3. The Morgan fingerprint density at radius 1 is 1.48 bits per heavy atom. The molecule has 1 aromatic carbocycles. The van der Waals surface area contributed by atoms with E-state index in [1.807, 2.05) is 26.0 Å². The van der Waals surface area contributed by atoms with Crippen LogP contribution in [0.2, 0.25) is 0 Å². The molecule has 2 rings (SSSR count). The molecule has 21 heavy (non-hydrogen) atoms. The van der Waals surface area contributed by atoms with Crippen LogP contribution in [0.1, 0.15) is 47.8 Å². The van der Waals surface area contributed by atoms with Crippen LogP contribution in [0.15, 0.2) is 24.4 Å². The second-order valence-corrected chi connectivity index (χ2v) is 5.42. The van der Waals surface area contributed by atoms with Crippen LogP contribution in [0.3, 0.4) is 0 Å². The Kier molecular flexibility index (Phi) is 4.96. The van der Waals surface area contributed by atoms with Crippen LogP contribution in [0.25, 0.3) is 0 Å². The van der Waals surface area contributed by atoms with Crippen molar-refractivity contribution in [3.63, 3.8) is 0 Å². The second kappa shape index (κ2) is 6.72. The van der Waals surface area contributed by atoms with Crippen molar-refractivity contribution >= 4 is 17.4 Å². The minimum atomic E-state index is -0.186. The van der Waals surface area contributed by atoms with Crippen LogP contribution >= 0.6 is 11.6 Å². The van der Waals surface area contributed by atoms with Crippen LogP contribution in [-0.2, 0) is 6.54 Å². The minimum absolute atomic E-state index is 0.0213. The lowest BCUT2D eigenvalue weighted by atomic mass is 10.1. The van der Waals surface area contributed by atoms with Gasteiger partial charge in [0.15, 0.2) is 5.78 Å². The molecule has 0 spiro atoms. The van der Waals surface area contributed by atoms with E-state index < -0.39 is 0 Å². The van der Waals surface area contributed by atoms with Gasteiger partial charge in [-0.15, -0.1) is 16.7 Å². The summed E-state index contributed by atoms with van der Waals surface area (Å²) in [6.45, 7) is 6.35. The molecule has 0 bridgehead atoms. The number of alkyl halides is 1. The maximum absolute atomic E-state index is 11.5. The molecule has 0 aliphatic carbocycles. The topological polar surface area (TPSA) is 57.0 Å². The smallest absolute Gasteiger partial charge is 0.159 e. The quantitative estimate of drug-likeness (QED) is 0.607. The zero-order valence-corrected chi connectivity index (χ0v) is 13.1. The Bertz CT molecular complexity index is 638. The van der Waals surface area contributed by atoms with Gasteiger partial charge in [-0.2, -0.15) is 0 Å². The molecule has 0 N–H and O–H groups in total. The third-order valence-corrected chi connectivity index (χ3v) is 3.29. The number of ketones is 1. The average molecular weight is 308 g/mol. The van der Waals surface area contributed by atoms with E-state index in [1.165, 1.54) is 0 Å². The van der Waals surface area contributed by atoms with Gasteiger partial charge in [0.1, 0.15) is 11.4 Å². The summed E-state index contributed by atoms with van der Waals surface area (Å²) < 4.78 is 7.29. The average Bonchev–Trinajstić information content (AvgIpc) is 2.89. The van der Waals surface area contributed by atoms with Gasteiger partial charge in [0, 0.05) is 11.1 Å². The van der Waals surface area contributed by atoms with Gasteiger partial charge in [-0.3, -0.25) is 4.79 Å². The van der Waals surface area contributed by atoms with Crippen molar-refractivity contribution in [1.29, 1.82) is 0 Å². The summed E-state index contributed by atoms with van der Waals surface area (Å²) >= 11 is 5.98. The molecule has 0 saturated heterocycles. The highest BCUT2D eigenvalue weighted by atomic mass is 35.5. The number of hydrogen-bond acceptors (Lipinski definition) is 4. The first kappa shape index (κ1) is 15.5. The van der Waals surface area contributed by atoms with E-state index in [1.54, 1.807) is 23.9 Å². The number of halogens is 1. The molecule has 1 atom stereocenters. The lowest BCUT2D eigenvalue weighted by molar-refractivity contribution is 0.101. The van der Waals surface area contributed by atoms with Crippen molar-refractivity contribution in [2.45, 2.75) is 32.7 Å². The molecule has 6 heteroatoms. The molecule has 0 aliphatic rings. The number of rotatable bonds is 6. The summed E-state index contributed by atoms with van der Waals surface area (Å²) in [5.74, 6) is 0.770. The van der Waals surface area contributed by atoms with Crippen molar-refractivity contribution in [1.82, 2.24) is 15.0 Å².